The molecule has 0 bridgehead atoms. The largest absolute Gasteiger partial charge is 0.469 e. The molecule has 0 fully saturated rings. The van der Waals surface area contributed by atoms with Crippen molar-refractivity contribution in [1.29, 1.82) is 0 Å². The van der Waals surface area contributed by atoms with Crippen molar-refractivity contribution in [3.63, 3.8) is 0 Å². The van der Waals surface area contributed by atoms with Gasteiger partial charge in [-0.15, -0.1) is 0 Å². The summed E-state index contributed by atoms with van der Waals surface area (Å²) in [6, 6.07) is -0.545. The lowest BCUT2D eigenvalue weighted by molar-refractivity contribution is -0.140. The Morgan fingerprint density at radius 3 is 2.27 bits per heavy atom. The first-order valence-corrected chi connectivity index (χ1v) is 7.15. The molecule has 0 aromatic rings. The second-order valence-corrected chi connectivity index (χ2v) is 5.59. The van der Waals surface area contributed by atoms with Crippen molar-refractivity contribution in [2.45, 2.75) is 52.2 Å². The van der Waals surface area contributed by atoms with E-state index in [0.29, 0.717) is 6.54 Å². The molecule has 0 aliphatic heterocycles. The van der Waals surface area contributed by atoms with E-state index in [-0.39, 0.29) is 19.4 Å². The number of ether oxygens (including phenoxy) is 3. The van der Waals surface area contributed by atoms with Crippen molar-refractivity contribution < 1.29 is 28.6 Å². The van der Waals surface area contributed by atoms with Crippen LogP contribution in [0.5, 0.6) is 0 Å². The van der Waals surface area contributed by atoms with Gasteiger partial charge in [-0.1, -0.05) is 0 Å². The van der Waals surface area contributed by atoms with Gasteiger partial charge in [-0.2, -0.15) is 0 Å². The molecule has 0 saturated heterocycles. The zero-order chi connectivity index (χ0) is 17.2. The third-order valence-corrected chi connectivity index (χ3v) is 2.38. The van der Waals surface area contributed by atoms with Gasteiger partial charge in [0.25, 0.3) is 0 Å². The second kappa shape index (κ2) is 9.86. The summed E-state index contributed by atoms with van der Waals surface area (Å²) in [4.78, 5) is 34.2. The maximum absolute atomic E-state index is 11.7. The van der Waals surface area contributed by atoms with Crippen molar-refractivity contribution in [3.05, 3.63) is 0 Å². The third kappa shape index (κ3) is 10.8. The van der Waals surface area contributed by atoms with Crippen molar-refractivity contribution in [3.8, 4) is 0 Å². The van der Waals surface area contributed by atoms with Crippen molar-refractivity contribution in [2.75, 3.05) is 20.3 Å². The fraction of sp³-hybridized carbons (Fsp3) is 0.786. The topological polar surface area (TPSA) is 103 Å². The SMILES string of the molecule is CCNC(=O)OC[C@H](CCC(=O)OC)NC(=O)OC(C)(C)C. The predicted octanol–water partition coefficient (Wildman–Crippen LogP) is 1.58. The molecule has 0 radical (unpaired) electrons. The number of nitrogens with one attached hydrogen (secondary N) is 2. The lowest BCUT2D eigenvalue weighted by Gasteiger charge is -2.23. The average Bonchev–Trinajstić information content (AvgIpc) is 2.39. The number of methoxy groups -OCH3 is 1. The summed E-state index contributed by atoms with van der Waals surface area (Å²) >= 11 is 0. The van der Waals surface area contributed by atoms with Gasteiger partial charge >= 0.3 is 18.2 Å². The van der Waals surface area contributed by atoms with E-state index in [1.807, 2.05) is 0 Å². The summed E-state index contributed by atoms with van der Waals surface area (Å²) in [6.45, 7) is 7.34. The summed E-state index contributed by atoms with van der Waals surface area (Å²) in [6.07, 6.45) is -0.862. The highest BCUT2D eigenvalue weighted by molar-refractivity contribution is 5.70. The van der Waals surface area contributed by atoms with E-state index < -0.39 is 29.8 Å². The minimum atomic E-state index is -0.641. The predicted molar refractivity (Wildman–Crippen MR) is 79.4 cm³/mol. The normalized spacial score (nSPS) is 12.0. The van der Waals surface area contributed by atoms with Crippen LogP contribution in [0.1, 0.15) is 40.5 Å². The Labute approximate surface area is 130 Å². The highest BCUT2D eigenvalue weighted by atomic mass is 16.6. The summed E-state index contributed by atoms with van der Waals surface area (Å²) in [5.41, 5.74) is -0.641. The highest BCUT2D eigenvalue weighted by Crippen LogP contribution is 2.08. The van der Waals surface area contributed by atoms with E-state index in [1.165, 1.54) is 7.11 Å². The fourth-order valence-corrected chi connectivity index (χ4v) is 1.44. The summed E-state index contributed by atoms with van der Waals surface area (Å²) in [5.74, 6) is -0.408. The molecule has 0 heterocycles. The minimum absolute atomic E-state index is 0.0674. The quantitative estimate of drug-likeness (QED) is 0.545. The maximum Gasteiger partial charge on any atom is 0.407 e. The summed E-state index contributed by atoms with van der Waals surface area (Å²) < 4.78 is 14.6. The molecule has 0 unspecified atom stereocenters. The first-order valence-electron chi connectivity index (χ1n) is 7.15. The van der Waals surface area contributed by atoms with Gasteiger partial charge in [-0.3, -0.25) is 4.79 Å². The molecule has 8 heteroatoms. The van der Waals surface area contributed by atoms with Gasteiger partial charge in [0.05, 0.1) is 13.2 Å². The van der Waals surface area contributed by atoms with Crippen LogP contribution in [0.3, 0.4) is 0 Å². The molecule has 0 saturated carbocycles. The monoisotopic (exact) mass is 318 g/mol. The molecule has 2 amide bonds. The maximum atomic E-state index is 11.7. The average molecular weight is 318 g/mol. The number of carbonyl (C=O) groups is 3. The van der Waals surface area contributed by atoms with Crippen LogP contribution in [0.25, 0.3) is 0 Å². The van der Waals surface area contributed by atoms with Crippen LogP contribution in [-0.2, 0) is 19.0 Å². The zero-order valence-corrected chi connectivity index (χ0v) is 13.9. The number of carbonyl (C=O) groups excluding carboxylic acids is 3. The molecule has 128 valence electrons. The van der Waals surface area contributed by atoms with E-state index in [0.717, 1.165) is 0 Å². The molecule has 8 nitrogen and oxygen atoms in total. The second-order valence-electron chi connectivity index (χ2n) is 5.59. The minimum Gasteiger partial charge on any atom is -0.469 e. The van der Waals surface area contributed by atoms with Crippen LogP contribution in [0.15, 0.2) is 0 Å². The smallest absolute Gasteiger partial charge is 0.407 e. The number of amides is 2. The van der Waals surface area contributed by atoms with E-state index in [1.54, 1.807) is 27.7 Å². The highest BCUT2D eigenvalue weighted by Gasteiger charge is 2.21. The van der Waals surface area contributed by atoms with E-state index in [2.05, 4.69) is 15.4 Å². The molecule has 0 spiro atoms. The molecule has 0 rings (SSSR count). The van der Waals surface area contributed by atoms with Gasteiger partial charge in [0.15, 0.2) is 0 Å². The summed E-state index contributed by atoms with van der Waals surface area (Å²) in [7, 11) is 1.28. The van der Waals surface area contributed by atoms with E-state index in [4.69, 9.17) is 9.47 Å². The Bertz CT molecular complexity index is 378. The summed E-state index contributed by atoms with van der Waals surface area (Å²) in [5, 5.41) is 5.05. The molecule has 0 aliphatic rings. The van der Waals surface area contributed by atoms with Crippen LogP contribution >= 0.6 is 0 Å². The molecular formula is C14H26N2O6. The molecule has 0 aliphatic carbocycles. The Kier molecular flexibility index (Phi) is 8.97. The van der Waals surface area contributed by atoms with Crippen LogP contribution in [0.4, 0.5) is 9.59 Å². The van der Waals surface area contributed by atoms with E-state index in [9.17, 15) is 14.4 Å². The molecule has 2 N–H and O–H groups in total. The lowest BCUT2D eigenvalue weighted by Crippen LogP contribution is -2.42. The first-order chi connectivity index (χ1) is 10.2. The number of esters is 1. The Morgan fingerprint density at radius 1 is 1.14 bits per heavy atom. The molecule has 22 heavy (non-hydrogen) atoms. The number of hydrogen-bond donors (Lipinski definition) is 2. The number of hydrogen-bond acceptors (Lipinski definition) is 6. The van der Waals surface area contributed by atoms with Crippen molar-refractivity contribution >= 4 is 18.2 Å². The Morgan fingerprint density at radius 2 is 1.77 bits per heavy atom. The molecule has 1 atom stereocenters. The van der Waals surface area contributed by atoms with Crippen molar-refractivity contribution in [1.82, 2.24) is 10.6 Å². The van der Waals surface area contributed by atoms with Gasteiger partial charge in [0, 0.05) is 13.0 Å². The molecule has 0 aromatic carbocycles. The van der Waals surface area contributed by atoms with Gasteiger partial charge in [0.1, 0.15) is 12.2 Å². The Balaban J connectivity index is 4.47. The zero-order valence-electron chi connectivity index (χ0n) is 13.9. The Hall–Kier alpha value is -1.99. The van der Waals surface area contributed by atoms with Crippen LogP contribution in [0, 0.1) is 0 Å². The van der Waals surface area contributed by atoms with Crippen LogP contribution in [-0.4, -0.2) is 50.1 Å². The third-order valence-electron chi connectivity index (χ3n) is 2.38. The molecule has 0 aromatic heterocycles. The lowest BCUT2D eigenvalue weighted by atomic mass is 10.1. The van der Waals surface area contributed by atoms with Gasteiger partial charge in [-0.05, 0) is 34.1 Å². The van der Waals surface area contributed by atoms with Gasteiger partial charge < -0.3 is 24.8 Å². The number of alkyl carbamates (subject to hydrolysis) is 2. The van der Waals surface area contributed by atoms with Gasteiger partial charge in [-0.25, -0.2) is 9.59 Å². The molecular weight excluding hydrogens is 292 g/mol. The first kappa shape index (κ1) is 20.0. The number of rotatable bonds is 7. The van der Waals surface area contributed by atoms with Gasteiger partial charge in [0.2, 0.25) is 0 Å². The fourth-order valence-electron chi connectivity index (χ4n) is 1.44. The van der Waals surface area contributed by atoms with Crippen LogP contribution in [0.2, 0.25) is 0 Å². The van der Waals surface area contributed by atoms with Crippen LogP contribution < -0.4 is 10.6 Å². The van der Waals surface area contributed by atoms with Crippen molar-refractivity contribution in [2.24, 2.45) is 0 Å². The standard InChI is InChI=1S/C14H26N2O6/c1-6-15-12(18)21-9-10(7-8-11(17)20-5)16-13(19)22-14(2,3)4/h10H,6-9H2,1-5H3,(H,15,18)(H,16,19)/t10-/m0/s1. The van der Waals surface area contributed by atoms with E-state index >= 15 is 0 Å².